The Hall–Kier alpha value is -2.21. The Morgan fingerprint density at radius 2 is 2.17 bits per heavy atom. The van der Waals surface area contributed by atoms with Crippen LogP contribution in [-0.2, 0) is 6.54 Å². The molecule has 2 saturated heterocycles. The molecule has 0 bridgehead atoms. The van der Waals surface area contributed by atoms with Gasteiger partial charge in [-0.15, -0.1) is 0 Å². The maximum absolute atomic E-state index is 12.5. The Morgan fingerprint density at radius 1 is 1.35 bits per heavy atom. The molecular formula is C17H20N4O2. The number of likely N-dealkylation sites (tertiary alicyclic amines) is 2. The normalized spacial score (nSPS) is 24.1. The first-order valence-electron chi connectivity index (χ1n) is 8.06. The maximum Gasteiger partial charge on any atom is 0.276 e. The second kappa shape index (κ2) is 5.77. The van der Waals surface area contributed by atoms with E-state index < -0.39 is 0 Å². The molecule has 4 heterocycles. The average molecular weight is 312 g/mol. The van der Waals surface area contributed by atoms with Gasteiger partial charge in [-0.25, -0.2) is 0 Å². The van der Waals surface area contributed by atoms with Gasteiger partial charge in [0.25, 0.3) is 5.91 Å². The molecule has 0 N–H and O–H groups in total. The first kappa shape index (κ1) is 14.4. The van der Waals surface area contributed by atoms with Crippen molar-refractivity contribution >= 4 is 5.91 Å². The molecule has 1 amide bonds. The fourth-order valence-corrected chi connectivity index (χ4v) is 3.62. The van der Waals surface area contributed by atoms with Crippen molar-refractivity contribution in [1.82, 2.24) is 19.9 Å². The molecule has 2 aliphatic heterocycles. The quantitative estimate of drug-likeness (QED) is 0.863. The number of rotatable bonds is 3. The lowest BCUT2D eigenvalue weighted by Crippen LogP contribution is -2.64. The Balaban J connectivity index is 1.41. The van der Waals surface area contributed by atoms with E-state index in [1.54, 1.807) is 13.0 Å². The highest BCUT2D eigenvalue weighted by molar-refractivity contribution is 5.92. The van der Waals surface area contributed by atoms with Crippen LogP contribution in [0, 0.1) is 12.8 Å². The molecular weight excluding hydrogens is 292 g/mol. The van der Waals surface area contributed by atoms with E-state index in [-0.39, 0.29) is 5.91 Å². The first-order chi connectivity index (χ1) is 11.2. The molecule has 0 radical (unpaired) electrons. The van der Waals surface area contributed by atoms with E-state index in [0.717, 1.165) is 32.6 Å². The van der Waals surface area contributed by atoms with Crippen LogP contribution in [0.5, 0.6) is 0 Å². The van der Waals surface area contributed by atoms with Gasteiger partial charge in [0.05, 0.1) is 0 Å². The van der Waals surface area contributed by atoms with Crippen LogP contribution in [0.25, 0.3) is 0 Å². The van der Waals surface area contributed by atoms with Crippen molar-refractivity contribution in [1.29, 1.82) is 0 Å². The zero-order chi connectivity index (χ0) is 15.8. The third-order valence-corrected chi connectivity index (χ3v) is 4.93. The van der Waals surface area contributed by atoms with E-state index in [1.807, 2.05) is 17.3 Å². The van der Waals surface area contributed by atoms with E-state index in [4.69, 9.17) is 4.52 Å². The summed E-state index contributed by atoms with van der Waals surface area (Å²) >= 11 is 0. The summed E-state index contributed by atoms with van der Waals surface area (Å²) < 4.78 is 5.02. The molecule has 0 aromatic carbocycles. The monoisotopic (exact) mass is 312 g/mol. The number of fused-ring (bicyclic) bond motifs is 1. The summed E-state index contributed by atoms with van der Waals surface area (Å²) in [6, 6.07) is 6.27. The summed E-state index contributed by atoms with van der Waals surface area (Å²) in [6.07, 6.45) is 4.73. The van der Waals surface area contributed by atoms with E-state index in [0.29, 0.717) is 23.4 Å². The number of nitrogens with zero attached hydrogens (tertiary/aromatic N) is 4. The van der Waals surface area contributed by atoms with Crippen LogP contribution in [0.4, 0.5) is 0 Å². The molecule has 2 aromatic rings. The molecule has 2 atom stereocenters. The van der Waals surface area contributed by atoms with E-state index in [1.165, 1.54) is 5.56 Å². The summed E-state index contributed by atoms with van der Waals surface area (Å²) in [7, 11) is 0. The highest BCUT2D eigenvalue weighted by Crippen LogP contribution is 2.34. The van der Waals surface area contributed by atoms with E-state index >= 15 is 0 Å². The van der Waals surface area contributed by atoms with Gasteiger partial charge < -0.3 is 9.42 Å². The summed E-state index contributed by atoms with van der Waals surface area (Å²) in [5, 5.41) is 3.85. The van der Waals surface area contributed by atoms with Crippen molar-refractivity contribution in [2.24, 2.45) is 5.92 Å². The van der Waals surface area contributed by atoms with Gasteiger partial charge in [-0.1, -0.05) is 5.16 Å². The van der Waals surface area contributed by atoms with Crippen molar-refractivity contribution in [3.05, 3.63) is 47.6 Å². The van der Waals surface area contributed by atoms with Gasteiger partial charge in [0.15, 0.2) is 5.69 Å². The Kier molecular flexibility index (Phi) is 3.61. The van der Waals surface area contributed by atoms with Gasteiger partial charge in [-0.3, -0.25) is 14.7 Å². The smallest absolute Gasteiger partial charge is 0.276 e. The zero-order valence-electron chi connectivity index (χ0n) is 13.2. The summed E-state index contributed by atoms with van der Waals surface area (Å²) in [5.41, 5.74) is 1.69. The van der Waals surface area contributed by atoms with Gasteiger partial charge in [0.2, 0.25) is 0 Å². The summed E-state index contributed by atoms with van der Waals surface area (Å²) in [4.78, 5) is 21.0. The molecule has 120 valence electrons. The third-order valence-electron chi connectivity index (χ3n) is 4.93. The molecule has 4 rings (SSSR count). The van der Waals surface area contributed by atoms with Gasteiger partial charge in [0.1, 0.15) is 5.76 Å². The lowest BCUT2D eigenvalue weighted by atomic mass is 9.82. The largest absolute Gasteiger partial charge is 0.361 e. The van der Waals surface area contributed by atoms with Crippen LogP contribution in [-0.4, -0.2) is 51.5 Å². The number of amides is 1. The summed E-state index contributed by atoms with van der Waals surface area (Å²) in [5.74, 6) is 1.36. The third kappa shape index (κ3) is 2.74. The molecule has 0 saturated carbocycles. The number of aromatic nitrogens is 2. The number of carbonyl (C=O) groups is 1. The zero-order valence-corrected chi connectivity index (χ0v) is 13.2. The molecule has 2 aliphatic rings. The minimum atomic E-state index is -0.0175. The second-order valence-corrected chi connectivity index (χ2v) is 6.47. The lowest BCUT2D eigenvalue weighted by Gasteiger charge is -2.53. The van der Waals surface area contributed by atoms with Gasteiger partial charge in [-0.2, -0.15) is 0 Å². The first-order valence-corrected chi connectivity index (χ1v) is 8.06. The molecule has 0 spiro atoms. The molecule has 2 aromatic heterocycles. The highest BCUT2D eigenvalue weighted by Gasteiger charge is 2.43. The molecule has 6 nitrogen and oxygen atoms in total. The van der Waals surface area contributed by atoms with Gasteiger partial charge in [0, 0.05) is 50.7 Å². The van der Waals surface area contributed by atoms with E-state index in [2.05, 4.69) is 27.2 Å². The second-order valence-electron chi connectivity index (χ2n) is 6.47. The SMILES string of the molecule is Cc1cc(C(=O)N2CC[C@@H]3CN(Cc4ccncc4)[C@@H]3C2)no1. The van der Waals surface area contributed by atoms with E-state index in [9.17, 15) is 4.79 Å². The number of aryl methyl sites for hydroxylation is 1. The fraction of sp³-hybridized carbons (Fsp3) is 0.471. The Bertz CT molecular complexity index is 700. The van der Waals surface area contributed by atoms with Crippen LogP contribution in [0.3, 0.4) is 0 Å². The average Bonchev–Trinajstić information content (AvgIpc) is 2.99. The summed E-state index contributed by atoms with van der Waals surface area (Å²) in [6.45, 7) is 5.45. The van der Waals surface area contributed by atoms with Gasteiger partial charge in [-0.05, 0) is 37.0 Å². The van der Waals surface area contributed by atoms with Crippen LogP contribution >= 0.6 is 0 Å². The van der Waals surface area contributed by atoms with Crippen molar-refractivity contribution in [3.63, 3.8) is 0 Å². The molecule has 6 heteroatoms. The lowest BCUT2D eigenvalue weighted by molar-refractivity contribution is -0.0429. The van der Waals surface area contributed by atoms with Crippen LogP contribution in [0.1, 0.15) is 28.2 Å². The van der Waals surface area contributed by atoms with Gasteiger partial charge >= 0.3 is 0 Å². The fourth-order valence-electron chi connectivity index (χ4n) is 3.62. The van der Waals surface area contributed by atoms with Crippen molar-refractivity contribution < 1.29 is 9.32 Å². The van der Waals surface area contributed by atoms with Crippen molar-refractivity contribution in [2.75, 3.05) is 19.6 Å². The van der Waals surface area contributed by atoms with Crippen molar-refractivity contribution in [3.8, 4) is 0 Å². The number of hydrogen-bond acceptors (Lipinski definition) is 5. The number of pyridine rings is 1. The standard InChI is InChI=1S/C17H20N4O2/c1-12-8-15(19-23-12)17(22)20-7-4-14-10-21(16(14)11-20)9-13-2-5-18-6-3-13/h2-3,5-6,8,14,16H,4,7,9-11H2,1H3/t14-,16-/m1/s1. The topological polar surface area (TPSA) is 62.5 Å². The Labute approximate surface area is 135 Å². The minimum Gasteiger partial charge on any atom is -0.361 e. The number of carbonyl (C=O) groups excluding carboxylic acids is 1. The molecule has 0 unspecified atom stereocenters. The maximum atomic E-state index is 12.5. The molecule has 2 fully saturated rings. The molecule has 23 heavy (non-hydrogen) atoms. The van der Waals surface area contributed by atoms with Crippen LogP contribution in [0.15, 0.2) is 35.1 Å². The minimum absolute atomic E-state index is 0.0175. The predicted molar refractivity (Wildman–Crippen MR) is 83.7 cm³/mol. The molecule has 0 aliphatic carbocycles. The van der Waals surface area contributed by atoms with Crippen molar-refractivity contribution in [2.45, 2.75) is 25.9 Å². The number of hydrogen-bond donors (Lipinski definition) is 0. The highest BCUT2D eigenvalue weighted by atomic mass is 16.5. The predicted octanol–water partition coefficient (Wildman–Crippen LogP) is 1.72. The Morgan fingerprint density at radius 3 is 2.91 bits per heavy atom. The number of piperidine rings is 1. The van der Waals surface area contributed by atoms with Crippen LogP contribution < -0.4 is 0 Å². The van der Waals surface area contributed by atoms with Crippen LogP contribution in [0.2, 0.25) is 0 Å².